The monoisotopic (exact) mass is 355 g/mol. The van der Waals surface area contributed by atoms with E-state index < -0.39 is 4.92 Å². The molecule has 0 amide bonds. The molecule has 20 heavy (non-hydrogen) atoms. The lowest BCUT2D eigenvalue weighted by Gasteiger charge is -2.14. The summed E-state index contributed by atoms with van der Waals surface area (Å²) in [7, 11) is 0. The lowest BCUT2D eigenvalue weighted by Crippen LogP contribution is -2.06. The fourth-order valence-electron chi connectivity index (χ4n) is 1.72. The van der Waals surface area contributed by atoms with Crippen LogP contribution >= 0.6 is 27.3 Å². The molecule has 1 atom stereocenters. The minimum atomic E-state index is -0.410. The average molecular weight is 356 g/mol. The first-order valence-electron chi connectivity index (χ1n) is 6.16. The predicted octanol–water partition coefficient (Wildman–Crippen LogP) is 4.55. The first-order chi connectivity index (χ1) is 9.51. The lowest BCUT2D eigenvalue weighted by atomic mass is 10.2. The molecule has 0 aliphatic carbocycles. The van der Waals surface area contributed by atoms with E-state index in [4.69, 9.17) is 0 Å². The molecule has 2 rings (SSSR count). The third-order valence-electron chi connectivity index (χ3n) is 2.83. The van der Waals surface area contributed by atoms with Crippen LogP contribution in [0.1, 0.15) is 29.8 Å². The number of aromatic nitrogens is 1. The fourth-order valence-corrected chi connectivity index (χ4v) is 3.06. The Morgan fingerprint density at radius 3 is 2.85 bits per heavy atom. The van der Waals surface area contributed by atoms with Crippen molar-refractivity contribution in [1.82, 2.24) is 4.98 Å². The van der Waals surface area contributed by atoms with Gasteiger partial charge in [0, 0.05) is 33.4 Å². The SMILES string of the molecule is CCc1cnc(C(C)Nc2ccc([N+](=O)[O-])cc2Br)s1. The predicted molar refractivity (Wildman–Crippen MR) is 84.3 cm³/mol. The summed E-state index contributed by atoms with van der Waals surface area (Å²) in [6, 6.07) is 4.73. The Kier molecular flexibility index (Phi) is 4.72. The van der Waals surface area contributed by atoms with Gasteiger partial charge in [0.1, 0.15) is 5.01 Å². The number of anilines is 1. The van der Waals surface area contributed by atoms with Crippen molar-refractivity contribution in [2.75, 3.05) is 5.32 Å². The van der Waals surface area contributed by atoms with Crippen molar-refractivity contribution in [1.29, 1.82) is 0 Å². The van der Waals surface area contributed by atoms with E-state index in [1.165, 1.54) is 17.0 Å². The van der Waals surface area contributed by atoms with E-state index in [-0.39, 0.29) is 11.7 Å². The van der Waals surface area contributed by atoms with E-state index in [0.717, 1.165) is 17.1 Å². The molecule has 0 bridgehead atoms. The maximum absolute atomic E-state index is 10.7. The number of hydrogen-bond acceptors (Lipinski definition) is 5. The molecule has 106 valence electrons. The number of nitro groups is 1. The van der Waals surface area contributed by atoms with Crippen LogP contribution in [0, 0.1) is 10.1 Å². The Balaban J connectivity index is 2.15. The third-order valence-corrected chi connectivity index (χ3v) is 4.81. The quantitative estimate of drug-likeness (QED) is 0.630. The van der Waals surface area contributed by atoms with Crippen LogP contribution < -0.4 is 5.32 Å². The van der Waals surface area contributed by atoms with Crippen molar-refractivity contribution in [3.63, 3.8) is 0 Å². The van der Waals surface area contributed by atoms with Crippen molar-refractivity contribution >= 4 is 38.6 Å². The zero-order valence-electron chi connectivity index (χ0n) is 11.1. The number of benzene rings is 1. The van der Waals surface area contributed by atoms with Crippen molar-refractivity contribution in [2.24, 2.45) is 0 Å². The highest BCUT2D eigenvalue weighted by Crippen LogP contribution is 2.31. The van der Waals surface area contributed by atoms with Gasteiger partial charge in [-0.1, -0.05) is 6.92 Å². The number of rotatable bonds is 5. The van der Waals surface area contributed by atoms with Crippen LogP contribution in [0.15, 0.2) is 28.9 Å². The molecular formula is C13H14BrN3O2S. The minimum absolute atomic E-state index is 0.0538. The summed E-state index contributed by atoms with van der Waals surface area (Å²) in [6.45, 7) is 4.12. The summed E-state index contributed by atoms with van der Waals surface area (Å²) >= 11 is 5.03. The van der Waals surface area contributed by atoms with Gasteiger partial charge in [-0.25, -0.2) is 4.98 Å². The molecule has 1 unspecified atom stereocenters. The molecule has 1 heterocycles. The van der Waals surface area contributed by atoms with Crippen LogP contribution in [-0.2, 0) is 6.42 Å². The summed E-state index contributed by atoms with van der Waals surface area (Å²) < 4.78 is 0.672. The molecule has 0 spiro atoms. The zero-order valence-corrected chi connectivity index (χ0v) is 13.5. The molecule has 5 nitrogen and oxygen atoms in total. The first kappa shape index (κ1) is 14.9. The van der Waals surface area contributed by atoms with Crippen LogP contribution in [0.2, 0.25) is 0 Å². The van der Waals surface area contributed by atoms with Crippen molar-refractivity contribution in [2.45, 2.75) is 26.3 Å². The van der Waals surface area contributed by atoms with Gasteiger partial charge in [-0.3, -0.25) is 10.1 Å². The van der Waals surface area contributed by atoms with Crippen LogP contribution in [0.25, 0.3) is 0 Å². The average Bonchev–Trinajstić information content (AvgIpc) is 2.89. The van der Waals surface area contributed by atoms with Crippen LogP contribution in [0.5, 0.6) is 0 Å². The summed E-state index contributed by atoms with van der Waals surface area (Å²) in [5, 5.41) is 15.0. The van der Waals surface area contributed by atoms with Gasteiger partial charge in [0.15, 0.2) is 0 Å². The van der Waals surface area contributed by atoms with Crippen molar-refractivity contribution in [3.05, 3.63) is 48.9 Å². The highest BCUT2D eigenvalue weighted by atomic mass is 79.9. The number of nitro benzene ring substituents is 1. The van der Waals surface area contributed by atoms with Gasteiger partial charge in [0.2, 0.25) is 0 Å². The Labute approximate surface area is 129 Å². The lowest BCUT2D eigenvalue weighted by molar-refractivity contribution is -0.384. The summed E-state index contributed by atoms with van der Waals surface area (Å²) in [5.74, 6) is 0. The van der Waals surface area contributed by atoms with E-state index >= 15 is 0 Å². The Morgan fingerprint density at radius 1 is 1.55 bits per heavy atom. The number of aryl methyl sites for hydroxylation is 1. The number of nitrogens with zero attached hydrogens (tertiary/aromatic N) is 2. The summed E-state index contributed by atoms with van der Waals surface area (Å²) in [4.78, 5) is 15.9. The molecule has 7 heteroatoms. The van der Waals surface area contributed by atoms with E-state index in [2.05, 4.69) is 33.2 Å². The number of non-ortho nitro benzene ring substituents is 1. The van der Waals surface area contributed by atoms with Crippen LogP contribution in [0.4, 0.5) is 11.4 Å². The maximum atomic E-state index is 10.7. The normalized spacial score (nSPS) is 12.2. The summed E-state index contributed by atoms with van der Waals surface area (Å²) in [6.07, 6.45) is 2.87. The fraction of sp³-hybridized carbons (Fsp3) is 0.308. The Bertz CT molecular complexity index is 630. The molecule has 1 N–H and O–H groups in total. The topological polar surface area (TPSA) is 68.1 Å². The van der Waals surface area contributed by atoms with Gasteiger partial charge >= 0.3 is 0 Å². The molecule has 1 aromatic carbocycles. The Hall–Kier alpha value is -1.47. The largest absolute Gasteiger partial charge is 0.375 e. The highest BCUT2D eigenvalue weighted by molar-refractivity contribution is 9.10. The van der Waals surface area contributed by atoms with Gasteiger partial charge in [-0.15, -0.1) is 11.3 Å². The molecule has 0 fully saturated rings. The van der Waals surface area contributed by atoms with Crippen LogP contribution in [0.3, 0.4) is 0 Å². The second-order valence-corrected chi connectivity index (χ2v) is 6.31. The smallest absolute Gasteiger partial charge is 0.270 e. The third kappa shape index (κ3) is 3.34. The number of hydrogen-bond donors (Lipinski definition) is 1. The number of thiazole rings is 1. The molecule has 0 saturated carbocycles. The first-order valence-corrected chi connectivity index (χ1v) is 7.77. The molecule has 0 aliphatic rings. The van der Waals surface area contributed by atoms with Crippen molar-refractivity contribution in [3.8, 4) is 0 Å². The maximum Gasteiger partial charge on any atom is 0.270 e. The Morgan fingerprint density at radius 2 is 2.30 bits per heavy atom. The summed E-state index contributed by atoms with van der Waals surface area (Å²) in [5.41, 5.74) is 0.883. The number of halogens is 1. The van der Waals surface area contributed by atoms with E-state index in [0.29, 0.717) is 4.47 Å². The van der Waals surface area contributed by atoms with Crippen molar-refractivity contribution < 1.29 is 4.92 Å². The minimum Gasteiger partial charge on any atom is -0.375 e. The van der Waals surface area contributed by atoms with Gasteiger partial charge in [0.05, 0.1) is 11.0 Å². The molecule has 2 aromatic rings. The van der Waals surface area contributed by atoms with E-state index in [1.54, 1.807) is 17.4 Å². The molecule has 1 aromatic heterocycles. The standard InChI is InChI=1S/C13H14BrN3O2S/c1-3-10-7-15-13(20-10)8(2)16-12-5-4-9(17(18)19)6-11(12)14/h4-8,16H,3H2,1-2H3. The van der Waals surface area contributed by atoms with Gasteiger partial charge in [-0.05, 0) is 35.3 Å². The number of nitrogens with one attached hydrogen (secondary N) is 1. The van der Waals surface area contributed by atoms with Gasteiger partial charge < -0.3 is 5.32 Å². The molecule has 0 saturated heterocycles. The molecular weight excluding hydrogens is 342 g/mol. The van der Waals surface area contributed by atoms with E-state index in [1.807, 2.05) is 13.1 Å². The van der Waals surface area contributed by atoms with Gasteiger partial charge in [0.25, 0.3) is 5.69 Å². The van der Waals surface area contributed by atoms with Crippen LogP contribution in [-0.4, -0.2) is 9.91 Å². The molecule has 0 aliphatic heterocycles. The second-order valence-electron chi connectivity index (χ2n) is 4.31. The molecule has 0 radical (unpaired) electrons. The zero-order chi connectivity index (χ0) is 14.7. The second kappa shape index (κ2) is 6.32. The van der Waals surface area contributed by atoms with Gasteiger partial charge in [-0.2, -0.15) is 0 Å². The van der Waals surface area contributed by atoms with E-state index in [9.17, 15) is 10.1 Å². The highest BCUT2D eigenvalue weighted by Gasteiger charge is 2.14.